The second-order valence-electron chi connectivity index (χ2n) is 4.58. The molecule has 2 aromatic carbocycles. The smallest absolute Gasteiger partial charge is 0.239 e. The van der Waals surface area contributed by atoms with Crippen molar-refractivity contribution in [3.63, 3.8) is 0 Å². The first-order valence-corrected chi connectivity index (χ1v) is 6.52. The summed E-state index contributed by atoms with van der Waals surface area (Å²) in [5, 5.41) is 3.07. The van der Waals surface area contributed by atoms with Crippen LogP contribution < -0.4 is 15.8 Å². The molecule has 4 nitrogen and oxygen atoms in total. The number of amides is 1. The molecular formula is C16H17FN2O2. The standard InChI is InChI=1S/C16H17FN2O2/c1-21-14-5-3-2-4-12(14)10-19-15(16(18)20)11-6-8-13(17)9-7-11/h2-9,15,19H,10H2,1H3,(H2,18,20). The predicted octanol–water partition coefficient (Wildman–Crippen LogP) is 2.15. The third kappa shape index (κ3) is 3.79. The van der Waals surface area contributed by atoms with Crippen LogP contribution in [-0.2, 0) is 11.3 Å². The molecule has 0 spiro atoms. The Balaban J connectivity index is 2.14. The van der Waals surface area contributed by atoms with Gasteiger partial charge >= 0.3 is 0 Å². The molecule has 0 heterocycles. The maximum Gasteiger partial charge on any atom is 0.239 e. The molecule has 0 aliphatic carbocycles. The topological polar surface area (TPSA) is 64.3 Å². The van der Waals surface area contributed by atoms with Crippen molar-refractivity contribution in [2.75, 3.05) is 7.11 Å². The van der Waals surface area contributed by atoms with Crippen LogP contribution in [0.3, 0.4) is 0 Å². The van der Waals surface area contributed by atoms with E-state index in [1.54, 1.807) is 19.2 Å². The molecule has 0 fully saturated rings. The van der Waals surface area contributed by atoms with Crippen LogP contribution in [0.2, 0.25) is 0 Å². The van der Waals surface area contributed by atoms with Crippen LogP contribution in [0.1, 0.15) is 17.2 Å². The Morgan fingerprint density at radius 3 is 2.52 bits per heavy atom. The number of nitrogens with two attached hydrogens (primary N) is 1. The van der Waals surface area contributed by atoms with Gasteiger partial charge in [0.05, 0.1) is 7.11 Å². The van der Waals surface area contributed by atoms with Gasteiger partial charge in [0.2, 0.25) is 5.91 Å². The third-order valence-corrected chi connectivity index (χ3v) is 3.18. The maximum atomic E-state index is 12.9. The minimum Gasteiger partial charge on any atom is -0.496 e. The number of nitrogens with one attached hydrogen (secondary N) is 1. The molecule has 2 aromatic rings. The monoisotopic (exact) mass is 288 g/mol. The Hall–Kier alpha value is -2.40. The zero-order valence-electron chi connectivity index (χ0n) is 11.7. The number of benzene rings is 2. The Morgan fingerprint density at radius 2 is 1.90 bits per heavy atom. The van der Waals surface area contributed by atoms with Crippen molar-refractivity contribution >= 4 is 5.91 Å². The number of methoxy groups -OCH3 is 1. The van der Waals surface area contributed by atoms with Gasteiger partial charge in [0.1, 0.15) is 17.6 Å². The van der Waals surface area contributed by atoms with Crippen LogP contribution in [0.25, 0.3) is 0 Å². The lowest BCUT2D eigenvalue weighted by atomic mass is 10.1. The molecule has 0 aliphatic rings. The van der Waals surface area contributed by atoms with Crippen molar-refractivity contribution in [1.82, 2.24) is 5.32 Å². The van der Waals surface area contributed by atoms with Gasteiger partial charge in [-0.2, -0.15) is 0 Å². The Labute approximate surface area is 122 Å². The molecule has 110 valence electrons. The van der Waals surface area contributed by atoms with E-state index in [2.05, 4.69) is 5.32 Å². The summed E-state index contributed by atoms with van der Waals surface area (Å²) in [7, 11) is 1.59. The van der Waals surface area contributed by atoms with E-state index in [-0.39, 0.29) is 5.82 Å². The van der Waals surface area contributed by atoms with Crippen LogP contribution in [0.4, 0.5) is 4.39 Å². The van der Waals surface area contributed by atoms with E-state index in [1.165, 1.54) is 12.1 Å². The average molecular weight is 288 g/mol. The molecular weight excluding hydrogens is 271 g/mol. The second-order valence-corrected chi connectivity index (χ2v) is 4.58. The minimum absolute atomic E-state index is 0.355. The number of primary amides is 1. The van der Waals surface area contributed by atoms with Crippen LogP contribution in [0, 0.1) is 5.82 Å². The van der Waals surface area contributed by atoms with Gasteiger partial charge in [0, 0.05) is 12.1 Å². The largest absolute Gasteiger partial charge is 0.496 e. The number of ether oxygens (including phenoxy) is 1. The Morgan fingerprint density at radius 1 is 1.24 bits per heavy atom. The highest BCUT2D eigenvalue weighted by atomic mass is 19.1. The SMILES string of the molecule is COc1ccccc1CNC(C(N)=O)c1ccc(F)cc1. The van der Waals surface area contributed by atoms with Gasteiger partial charge in [-0.05, 0) is 23.8 Å². The number of halogens is 1. The molecule has 0 aromatic heterocycles. The van der Waals surface area contributed by atoms with E-state index in [4.69, 9.17) is 10.5 Å². The van der Waals surface area contributed by atoms with Crippen molar-refractivity contribution < 1.29 is 13.9 Å². The predicted molar refractivity (Wildman–Crippen MR) is 78.2 cm³/mol. The Kier molecular flexibility index (Phi) is 4.90. The number of carbonyl (C=O) groups excluding carboxylic acids is 1. The lowest BCUT2D eigenvalue weighted by molar-refractivity contribution is -0.120. The number of carbonyl (C=O) groups is 1. The highest BCUT2D eigenvalue weighted by molar-refractivity contribution is 5.81. The summed E-state index contributed by atoms with van der Waals surface area (Å²) in [4.78, 5) is 11.6. The number of rotatable bonds is 6. The van der Waals surface area contributed by atoms with Crippen molar-refractivity contribution in [1.29, 1.82) is 0 Å². The number of hydrogen-bond donors (Lipinski definition) is 2. The zero-order chi connectivity index (χ0) is 15.2. The molecule has 3 N–H and O–H groups in total. The van der Waals surface area contributed by atoms with Crippen molar-refractivity contribution in [2.45, 2.75) is 12.6 Å². The number of para-hydroxylation sites is 1. The molecule has 0 radical (unpaired) electrons. The molecule has 0 bridgehead atoms. The molecule has 0 saturated carbocycles. The summed E-state index contributed by atoms with van der Waals surface area (Å²) in [6.45, 7) is 0.412. The number of hydrogen-bond acceptors (Lipinski definition) is 3. The quantitative estimate of drug-likeness (QED) is 0.856. The first kappa shape index (κ1) is 15.0. The zero-order valence-corrected chi connectivity index (χ0v) is 11.7. The van der Waals surface area contributed by atoms with Crippen molar-refractivity contribution in [2.24, 2.45) is 5.73 Å². The van der Waals surface area contributed by atoms with Gasteiger partial charge in [0.25, 0.3) is 0 Å². The van der Waals surface area contributed by atoms with Crippen LogP contribution in [0.15, 0.2) is 48.5 Å². The van der Waals surface area contributed by atoms with Crippen molar-refractivity contribution in [3.8, 4) is 5.75 Å². The van der Waals surface area contributed by atoms with E-state index in [9.17, 15) is 9.18 Å². The van der Waals surface area contributed by atoms with Crippen LogP contribution in [0.5, 0.6) is 5.75 Å². The van der Waals surface area contributed by atoms with Gasteiger partial charge in [-0.1, -0.05) is 30.3 Å². The molecule has 2 rings (SSSR count). The fraction of sp³-hybridized carbons (Fsp3) is 0.188. The lowest BCUT2D eigenvalue weighted by Gasteiger charge is -2.17. The summed E-state index contributed by atoms with van der Waals surface area (Å²) >= 11 is 0. The van der Waals surface area contributed by atoms with E-state index in [1.807, 2.05) is 24.3 Å². The fourth-order valence-corrected chi connectivity index (χ4v) is 2.10. The molecule has 5 heteroatoms. The highest BCUT2D eigenvalue weighted by Gasteiger charge is 2.17. The van der Waals surface area contributed by atoms with E-state index >= 15 is 0 Å². The highest BCUT2D eigenvalue weighted by Crippen LogP contribution is 2.19. The summed E-state index contributed by atoms with van der Waals surface area (Å²) in [5.41, 5.74) is 6.95. The summed E-state index contributed by atoms with van der Waals surface area (Å²) in [6.07, 6.45) is 0. The summed E-state index contributed by atoms with van der Waals surface area (Å²) < 4.78 is 18.2. The average Bonchev–Trinajstić information content (AvgIpc) is 2.49. The minimum atomic E-state index is -0.685. The van der Waals surface area contributed by atoms with E-state index in [0.717, 1.165) is 11.3 Å². The molecule has 21 heavy (non-hydrogen) atoms. The van der Waals surface area contributed by atoms with Crippen LogP contribution >= 0.6 is 0 Å². The summed E-state index contributed by atoms with van der Waals surface area (Å²) in [6, 6.07) is 12.5. The molecule has 1 atom stereocenters. The first-order chi connectivity index (χ1) is 10.1. The normalized spacial score (nSPS) is 11.9. The Bertz CT molecular complexity index is 614. The molecule has 1 unspecified atom stereocenters. The van der Waals surface area contributed by atoms with Gasteiger partial charge < -0.3 is 10.5 Å². The van der Waals surface area contributed by atoms with Gasteiger partial charge in [-0.3, -0.25) is 10.1 Å². The van der Waals surface area contributed by atoms with Gasteiger partial charge in [-0.25, -0.2) is 4.39 Å². The van der Waals surface area contributed by atoms with E-state index < -0.39 is 11.9 Å². The fourth-order valence-electron chi connectivity index (χ4n) is 2.10. The third-order valence-electron chi connectivity index (χ3n) is 3.18. The second kappa shape index (κ2) is 6.85. The summed E-state index contributed by atoms with van der Waals surface area (Å²) in [5.74, 6) is -0.143. The van der Waals surface area contributed by atoms with Gasteiger partial charge in [-0.15, -0.1) is 0 Å². The van der Waals surface area contributed by atoms with E-state index in [0.29, 0.717) is 12.1 Å². The molecule has 1 amide bonds. The van der Waals surface area contributed by atoms with Crippen LogP contribution in [-0.4, -0.2) is 13.0 Å². The van der Waals surface area contributed by atoms with Crippen molar-refractivity contribution in [3.05, 3.63) is 65.5 Å². The van der Waals surface area contributed by atoms with Gasteiger partial charge in [0.15, 0.2) is 0 Å². The maximum absolute atomic E-state index is 12.9. The first-order valence-electron chi connectivity index (χ1n) is 6.52. The molecule has 0 aliphatic heterocycles. The molecule has 0 saturated heterocycles. The lowest BCUT2D eigenvalue weighted by Crippen LogP contribution is -2.33.